The van der Waals surface area contributed by atoms with Gasteiger partial charge in [0, 0.05) is 16.1 Å². The van der Waals surface area contributed by atoms with Crippen molar-refractivity contribution in [2.75, 3.05) is 0 Å². The molecule has 0 aliphatic heterocycles. The molecule has 0 aliphatic carbocycles. The van der Waals surface area contributed by atoms with Gasteiger partial charge in [0.15, 0.2) is 0 Å². The third-order valence-corrected chi connectivity index (χ3v) is 3.01. The van der Waals surface area contributed by atoms with E-state index in [1.165, 1.54) is 6.07 Å². The Bertz CT molecular complexity index is 525. The lowest BCUT2D eigenvalue weighted by molar-refractivity contribution is 0.471. The molecular formula is C12H7BrClFO. The van der Waals surface area contributed by atoms with Crippen LogP contribution in [0, 0.1) is 5.82 Å². The van der Waals surface area contributed by atoms with Crippen molar-refractivity contribution in [2.24, 2.45) is 0 Å². The van der Waals surface area contributed by atoms with Crippen LogP contribution in [0.25, 0.3) is 11.1 Å². The molecule has 0 amide bonds. The second kappa shape index (κ2) is 4.44. The first kappa shape index (κ1) is 11.4. The summed E-state index contributed by atoms with van der Waals surface area (Å²) >= 11 is 8.99. The lowest BCUT2D eigenvalue weighted by Gasteiger charge is -2.06. The van der Waals surface area contributed by atoms with Crippen molar-refractivity contribution in [1.29, 1.82) is 0 Å². The van der Waals surface area contributed by atoms with Crippen LogP contribution in [-0.4, -0.2) is 5.11 Å². The summed E-state index contributed by atoms with van der Waals surface area (Å²) in [5.41, 5.74) is 1.29. The monoisotopic (exact) mass is 300 g/mol. The first-order chi connectivity index (χ1) is 7.58. The Hall–Kier alpha value is -1.06. The molecule has 0 fully saturated rings. The van der Waals surface area contributed by atoms with Gasteiger partial charge in [-0.2, -0.15) is 0 Å². The summed E-state index contributed by atoms with van der Waals surface area (Å²) in [7, 11) is 0. The summed E-state index contributed by atoms with van der Waals surface area (Å²) in [5, 5.41) is 9.62. The predicted octanol–water partition coefficient (Wildman–Crippen LogP) is 4.61. The summed E-state index contributed by atoms with van der Waals surface area (Å²) in [6.45, 7) is 0. The summed E-state index contributed by atoms with van der Waals surface area (Å²) < 4.78 is 14.0. The number of rotatable bonds is 1. The third kappa shape index (κ3) is 2.20. The fourth-order valence-electron chi connectivity index (χ4n) is 1.40. The van der Waals surface area contributed by atoms with E-state index >= 15 is 0 Å². The molecule has 0 saturated heterocycles. The zero-order valence-electron chi connectivity index (χ0n) is 8.05. The van der Waals surface area contributed by atoms with Gasteiger partial charge >= 0.3 is 0 Å². The molecular weight excluding hydrogens is 294 g/mol. The maximum atomic E-state index is 13.0. The Morgan fingerprint density at radius 3 is 2.38 bits per heavy atom. The van der Waals surface area contributed by atoms with Crippen LogP contribution >= 0.6 is 27.5 Å². The third-order valence-electron chi connectivity index (χ3n) is 2.19. The van der Waals surface area contributed by atoms with Crippen LogP contribution in [-0.2, 0) is 0 Å². The molecule has 0 radical (unpaired) electrons. The lowest BCUT2D eigenvalue weighted by atomic mass is 10.0. The molecule has 0 atom stereocenters. The molecule has 0 saturated carbocycles. The van der Waals surface area contributed by atoms with Gasteiger partial charge in [0.25, 0.3) is 0 Å². The van der Waals surface area contributed by atoms with Crippen molar-refractivity contribution in [3.63, 3.8) is 0 Å². The quantitative estimate of drug-likeness (QED) is 0.815. The highest BCUT2D eigenvalue weighted by molar-refractivity contribution is 9.10. The van der Waals surface area contributed by atoms with E-state index in [2.05, 4.69) is 15.9 Å². The second-order valence-electron chi connectivity index (χ2n) is 3.29. The van der Waals surface area contributed by atoms with E-state index in [1.54, 1.807) is 0 Å². The molecule has 0 heterocycles. The number of phenolic OH excluding ortho intramolecular Hbond substituents is 1. The number of hydrogen-bond acceptors (Lipinski definition) is 1. The lowest BCUT2D eigenvalue weighted by Crippen LogP contribution is -1.83. The van der Waals surface area contributed by atoms with Crippen LogP contribution in [0.5, 0.6) is 5.75 Å². The molecule has 4 heteroatoms. The molecule has 1 N–H and O–H groups in total. The van der Waals surface area contributed by atoms with Crippen molar-refractivity contribution >= 4 is 27.5 Å². The molecule has 16 heavy (non-hydrogen) atoms. The standard InChI is InChI=1S/C12H7BrClFO/c13-8-3-1-7(2-4-8)9-5-10(14)11(15)6-12(9)16/h1-6,16H. The second-order valence-corrected chi connectivity index (χ2v) is 4.61. The Kier molecular flexibility index (Phi) is 3.17. The van der Waals surface area contributed by atoms with Gasteiger partial charge in [-0.05, 0) is 23.8 Å². The Morgan fingerprint density at radius 1 is 1.12 bits per heavy atom. The molecule has 0 aromatic heterocycles. The minimum atomic E-state index is -0.625. The van der Waals surface area contributed by atoms with E-state index in [4.69, 9.17) is 11.6 Å². The van der Waals surface area contributed by atoms with Crippen molar-refractivity contribution < 1.29 is 9.50 Å². The Labute approximate surface area is 106 Å². The highest BCUT2D eigenvalue weighted by atomic mass is 79.9. The van der Waals surface area contributed by atoms with E-state index in [-0.39, 0.29) is 10.8 Å². The van der Waals surface area contributed by atoms with Crippen LogP contribution in [0.15, 0.2) is 40.9 Å². The van der Waals surface area contributed by atoms with E-state index in [0.29, 0.717) is 5.56 Å². The zero-order chi connectivity index (χ0) is 11.7. The van der Waals surface area contributed by atoms with Gasteiger partial charge in [0.2, 0.25) is 0 Å². The Balaban J connectivity index is 2.56. The number of aromatic hydroxyl groups is 1. The summed E-state index contributed by atoms with van der Waals surface area (Å²) in [5.74, 6) is -0.746. The van der Waals surface area contributed by atoms with Crippen LogP contribution in [0.4, 0.5) is 4.39 Å². The first-order valence-corrected chi connectivity index (χ1v) is 5.69. The molecule has 82 valence electrons. The molecule has 0 spiro atoms. The number of benzene rings is 2. The van der Waals surface area contributed by atoms with E-state index in [9.17, 15) is 9.50 Å². The SMILES string of the molecule is Oc1cc(F)c(Cl)cc1-c1ccc(Br)cc1. The maximum absolute atomic E-state index is 13.0. The summed E-state index contributed by atoms with van der Waals surface area (Å²) in [4.78, 5) is 0. The fraction of sp³-hybridized carbons (Fsp3) is 0. The van der Waals surface area contributed by atoms with Gasteiger partial charge in [-0.15, -0.1) is 0 Å². The van der Waals surface area contributed by atoms with E-state index < -0.39 is 5.82 Å². The van der Waals surface area contributed by atoms with Gasteiger partial charge in [0.1, 0.15) is 11.6 Å². The minimum Gasteiger partial charge on any atom is -0.507 e. The molecule has 2 aromatic carbocycles. The topological polar surface area (TPSA) is 20.2 Å². The normalized spacial score (nSPS) is 10.4. The fourth-order valence-corrected chi connectivity index (χ4v) is 1.82. The smallest absolute Gasteiger partial charge is 0.145 e. The van der Waals surface area contributed by atoms with Gasteiger partial charge < -0.3 is 5.11 Å². The van der Waals surface area contributed by atoms with Gasteiger partial charge in [-0.1, -0.05) is 39.7 Å². The highest BCUT2D eigenvalue weighted by Crippen LogP contribution is 2.33. The minimum absolute atomic E-state index is 0.00396. The Morgan fingerprint density at radius 2 is 1.75 bits per heavy atom. The number of halogens is 3. The average molecular weight is 302 g/mol. The molecule has 0 unspecified atom stereocenters. The number of hydrogen-bond donors (Lipinski definition) is 1. The van der Waals surface area contributed by atoms with Crippen LogP contribution in [0.2, 0.25) is 5.02 Å². The zero-order valence-corrected chi connectivity index (χ0v) is 10.4. The maximum Gasteiger partial charge on any atom is 0.145 e. The van der Waals surface area contributed by atoms with Crippen LogP contribution in [0.1, 0.15) is 0 Å². The number of phenols is 1. The largest absolute Gasteiger partial charge is 0.507 e. The van der Waals surface area contributed by atoms with Crippen LogP contribution < -0.4 is 0 Å². The van der Waals surface area contributed by atoms with Crippen LogP contribution in [0.3, 0.4) is 0 Å². The molecule has 2 rings (SSSR count). The van der Waals surface area contributed by atoms with Crippen molar-refractivity contribution in [2.45, 2.75) is 0 Å². The molecule has 2 aromatic rings. The van der Waals surface area contributed by atoms with Gasteiger partial charge in [-0.25, -0.2) is 4.39 Å². The van der Waals surface area contributed by atoms with E-state index in [0.717, 1.165) is 16.1 Å². The van der Waals surface area contributed by atoms with Crippen molar-refractivity contribution in [3.8, 4) is 16.9 Å². The van der Waals surface area contributed by atoms with Gasteiger partial charge in [0.05, 0.1) is 5.02 Å². The first-order valence-electron chi connectivity index (χ1n) is 4.52. The highest BCUT2D eigenvalue weighted by Gasteiger charge is 2.09. The summed E-state index contributed by atoms with van der Waals surface area (Å²) in [6.07, 6.45) is 0. The van der Waals surface area contributed by atoms with Gasteiger partial charge in [-0.3, -0.25) is 0 Å². The molecule has 0 aliphatic rings. The van der Waals surface area contributed by atoms with Crippen molar-refractivity contribution in [3.05, 3.63) is 51.7 Å². The predicted molar refractivity (Wildman–Crippen MR) is 66.2 cm³/mol. The van der Waals surface area contributed by atoms with E-state index in [1.807, 2.05) is 24.3 Å². The molecule has 0 bridgehead atoms. The van der Waals surface area contributed by atoms with Crippen molar-refractivity contribution in [1.82, 2.24) is 0 Å². The molecule has 1 nitrogen and oxygen atoms in total. The average Bonchev–Trinajstić information content (AvgIpc) is 2.25. The summed E-state index contributed by atoms with van der Waals surface area (Å²) in [6, 6.07) is 9.73.